The number of aliphatic hydroxyl groups is 1. The third-order valence-corrected chi connectivity index (χ3v) is 3.02. The van der Waals surface area contributed by atoms with Crippen molar-refractivity contribution >= 4 is 5.97 Å². The van der Waals surface area contributed by atoms with E-state index in [4.69, 9.17) is 13.9 Å². The Balaban J connectivity index is 1.66. The van der Waals surface area contributed by atoms with Gasteiger partial charge in [-0.25, -0.2) is 4.79 Å². The molecule has 0 fully saturated rings. The minimum atomic E-state index is -1.31. The molecule has 0 saturated heterocycles. The first-order valence-corrected chi connectivity index (χ1v) is 6.99. The number of aliphatic hydroxyl groups excluding tert-OH is 1. The molecule has 1 atom stereocenters. The molecule has 0 aliphatic carbocycles. The Morgan fingerprint density at radius 2 is 1.48 bits per heavy atom. The van der Waals surface area contributed by atoms with Crippen molar-refractivity contribution in [1.82, 2.24) is 0 Å². The van der Waals surface area contributed by atoms with Crippen LogP contribution >= 0.6 is 0 Å². The third-order valence-electron chi connectivity index (χ3n) is 3.02. The molecular weight excluding hydrogens is 296 g/mol. The molecule has 23 heavy (non-hydrogen) atoms. The van der Waals surface area contributed by atoms with Crippen LogP contribution in [-0.4, -0.2) is 11.1 Å². The van der Waals surface area contributed by atoms with Gasteiger partial charge >= 0.3 is 5.97 Å². The molecule has 1 N–H and O–H groups in total. The van der Waals surface area contributed by atoms with Gasteiger partial charge in [0.25, 0.3) is 6.29 Å². The number of esters is 1. The average Bonchev–Trinajstić information content (AvgIpc) is 3.07. The van der Waals surface area contributed by atoms with Crippen molar-refractivity contribution in [3.05, 3.63) is 84.3 Å². The number of furan rings is 1. The quantitative estimate of drug-likeness (QED) is 0.443. The predicted molar refractivity (Wildman–Crippen MR) is 82.1 cm³/mol. The van der Waals surface area contributed by atoms with Crippen molar-refractivity contribution in [3.8, 4) is 11.5 Å². The fraction of sp³-hybridized carbons (Fsp3) is 0.0556. The Morgan fingerprint density at radius 3 is 2.13 bits per heavy atom. The highest BCUT2D eigenvalue weighted by atomic mass is 16.6. The van der Waals surface area contributed by atoms with Crippen LogP contribution in [0, 0.1) is 0 Å². The molecule has 5 heteroatoms. The van der Waals surface area contributed by atoms with Crippen molar-refractivity contribution in [2.45, 2.75) is 6.29 Å². The van der Waals surface area contributed by atoms with Crippen LogP contribution < -0.4 is 9.47 Å². The van der Waals surface area contributed by atoms with Crippen molar-refractivity contribution < 1.29 is 23.8 Å². The SMILES string of the molecule is O=C(Oc1ccccc1)c1ccc(C(O)Oc2ccccc2)o1. The molecule has 3 aromatic rings. The molecule has 0 amide bonds. The third kappa shape index (κ3) is 3.78. The maximum atomic E-state index is 12.0. The van der Waals surface area contributed by atoms with Gasteiger partial charge in [0.15, 0.2) is 5.76 Å². The monoisotopic (exact) mass is 310 g/mol. The van der Waals surface area contributed by atoms with Gasteiger partial charge in [-0.1, -0.05) is 36.4 Å². The fourth-order valence-electron chi connectivity index (χ4n) is 1.93. The summed E-state index contributed by atoms with van der Waals surface area (Å²) in [6.07, 6.45) is -1.31. The summed E-state index contributed by atoms with van der Waals surface area (Å²) < 4.78 is 15.8. The Morgan fingerprint density at radius 1 is 0.870 bits per heavy atom. The molecule has 1 unspecified atom stereocenters. The fourth-order valence-corrected chi connectivity index (χ4v) is 1.93. The normalized spacial score (nSPS) is 11.7. The predicted octanol–water partition coefficient (Wildman–Crippen LogP) is 3.57. The number of carbonyl (C=O) groups excluding carboxylic acids is 1. The van der Waals surface area contributed by atoms with Crippen molar-refractivity contribution in [1.29, 1.82) is 0 Å². The topological polar surface area (TPSA) is 68.9 Å². The molecule has 3 rings (SSSR count). The van der Waals surface area contributed by atoms with Crippen molar-refractivity contribution in [2.75, 3.05) is 0 Å². The molecule has 0 bridgehead atoms. The number of rotatable bonds is 5. The van der Waals surface area contributed by atoms with Gasteiger partial charge in [0, 0.05) is 0 Å². The van der Waals surface area contributed by atoms with Crippen LogP contribution in [0.5, 0.6) is 11.5 Å². The molecule has 0 saturated carbocycles. The van der Waals surface area contributed by atoms with E-state index in [0.29, 0.717) is 11.5 Å². The van der Waals surface area contributed by atoms with Crippen molar-refractivity contribution in [2.24, 2.45) is 0 Å². The molecule has 0 radical (unpaired) electrons. The van der Waals surface area contributed by atoms with Crippen LogP contribution in [0.1, 0.15) is 22.6 Å². The van der Waals surface area contributed by atoms with E-state index in [2.05, 4.69) is 0 Å². The second-order valence-electron chi connectivity index (χ2n) is 4.69. The first kappa shape index (κ1) is 14.9. The Hall–Kier alpha value is -3.05. The lowest BCUT2D eigenvalue weighted by atomic mass is 10.3. The zero-order valence-corrected chi connectivity index (χ0v) is 12.1. The summed E-state index contributed by atoms with van der Waals surface area (Å²) in [6, 6.07) is 20.4. The van der Waals surface area contributed by atoms with Gasteiger partial charge in [-0.15, -0.1) is 0 Å². The highest BCUT2D eigenvalue weighted by Crippen LogP contribution is 2.22. The number of hydrogen-bond acceptors (Lipinski definition) is 5. The molecule has 1 heterocycles. The molecule has 1 aromatic heterocycles. The highest BCUT2D eigenvalue weighted by molar-refractivity contribution is 5.88. The summed E-state index contributed by atoms with van der Waals surface area (Å²) in [6.45, 7) is 0. The average molecular weight is 310 g/mol. The zero-order valence-electron chi connectivity index (χ0n) is 12.1. The minimum Gasteiger partial charge on any atom is -0.457 e. The van der Waals surface area contributed by atoms with E-state index in [0.717, 1.165) is 0 Å². The minimum absolute atomic E-state index is 0.0143. The summed E-state index contributed by atoms with van der Waals surface area (Å²) in [5.41, 5.74) is 0. The van der Waals surface area contributed by atoms with Crippen LogP contribution in [0.15, 0.2) is 77.2 Å². The largest absolute Gasteiger partial charge is 0.457 e. The van der Waals surface area contributed by atoms with Crippen LogP contribution in [0.3, 0.4) is 0 Å². The lowest BCUT2D eigenvalue weighted by Gasteiger charge is -2.10. The van der Waals surface area contributed by atoms with Gasteiger partial charge in [0.1, 0.15) is 11.5 Å². The summed E-state index contributed by atoms with van der Waals surface area (Å²) >= 11 is 0. The van der Waals surface area contributed by atoms with Gasteiger partial charge in [-0.2, -0.15) is 0 Å². The summed E-state index contributed by atoms with van der Waals surface area (Å²) in [5.74, 6) is 0.365. The molecular formula is C18H14O5. The van der Waals surface area contributed by atoms with Gasteiger partial charge < -0.3 is 19.0 Å². The van der Waals surface area contributed by atoms with Gasteiger partial charge in [-0.05, 0) is 36.4 Å². The Kier molecular flexibility index (Phi) is 4.40. The first-order chi connectivity index (χ1) is 11.2. The molecule has 0 spiro atoms. The van der Waals surface area contributed by atoms with Gasteiger partial charge in [0.2, 0.25) is 5.76 Å². The van der Waals surface area contributed by atoms with Crippen molar-refractivity contribution in [3.63, 3.8) is 0 Å². The van der Waals surface area contributed by atoms with E-state index >= 15 is 0 Å². The maximum Gasteiger partial charge on any atom is 0.379 e. The Bertz CT molecular complexity index is 764. The summed E-state index contributed by atoms with van der Waals surface area (Å²) in [4.78, 5) is 12.0. The lowest BCUT2D eigenvalue weighted by molar-refractivity contribution is -0.0362. The number of hydrogen-bond donors (Lipinski definition) is 1. The number of para-hydroxylation sites is 2. The lowest BCUT2D eigenvalue weighted by Crippen LogP contribution is -2.08. The van der Waals surface area contributed by atoms with Gasteiger partial charge in [-0.3, -0.25) is 0 Å². The van der Waals surface area contributed by atoms with Crippen LogP contribution in [0.25, 0.3) is 0 Å². The number of carbonyl (C=O) groups is 1. The Labute approximate surface area is 132 Å². The van der Waals surface area contributed by atoms with Crippen LogP contribution in [-0.2, 0) is 0 Å². The van der Waals surface area contributed by atoms with Gasteiger partial charge in [0.05, 0.1) is 0 Å². The smallest absolute Gasteiger partial charge is 0.379 e. The first-order valence-electron chi connectivity index (χ1n) is 6.99. The molecule has 116 valence electrons. The highest BCUT2D eigenvalue weighted by Gasteiger charge is 2.19. The van der Waals surface area contributed by atoms with Crippen LogP contribution in [0.4, 0.5) is 0 Å². The molecule has 2 aromatic carbocycles. The van der Waals surface area contributed by atoms with E-state index in [1.807, 2.05) is 12.1 Å². The van der Waals surface area contributed by atoms with E-state index in [1.54, 1.807) is 48.5 Å². The molecule has 5 nitrogen and oxygen atoms in total. The zero-order chi connectivity index (χ0) is 16.1. The molecule has 0 aliphatic heterocycles. The van der Waals surface area contributed by atoms with E-state index in [-0.39, 0.29) is 11.5 Å². The van der Waals surface area contributed by atoms with E-state index < -0.39 is 12.3 Å². The summed E-state index contributed by atoms with van der Waals surface area (Å²) in [5, 5.41) is 9.99. The second kappa shape index (κ2) is 6.81. The molecule has 0 aliphatic rings. The maximum absolute atomic E-state index is 12.0. The standard InChI is InChI=1S/C18H14O5/c19-17(21-13-7-3-1-4-8-13)15-11-12-16(23-15)18(20)22-14-9-5-2-6-10-14/h1-12,17,19H. The van der Waals surface area contributed by atoms with E-state index in [9.17, 15) is 9.90 Å². The van der Waals surface area contributed by atoms with E-state index in [1.165, 1.54) is 12.1 Å². The second-order valence-corrected chi connectivity index (χ2v) is 4.69. The summed E-state index contributed by atoms with van der Waals surface area (Å²) in [7, 11) is 0. The number of ether oxygens (including phenoxy) is 2. The number of benzene rings is 2. The van der Waals surface area contributed by atoms with Crippen LogP contribution in [0.2, 0.25) is 0 Å².